The Morgan fingerprint density at radius 2 is 1.90 bits per heavy atom. The van der Waals surface area contributed by atoms with E-state index in [1.54, 1.807) is 0 Å². The van der Waals surface area contributed by atoms with Crippen LogP contribution in [0.5, 0.6) is 11.5 Å². The molecule has 0 spiro atoms. The maximum atomic E-state index is 5.72. The number of benzene rings is 1. The second kappa shape index (κ2) is 9.64. The Morgan fingerprint density at radius 3 is 2.62 bits per heavy atom. The predicted octanol–water partition coefficient (Wildman–Crippen LogP) is 2.87. The molecule has 1 saturated heterocycles. The molecule has 1 aliphatic rings. The zero-order valence-electron chi connectivity index (χ0n) is 13.0. The summed E-state index contributed by atoms with van der Waals surface area (Å²) in [7, 11) is 0. The molecule has 1 N–H and O–H groups in total. The normalized spacial score (nSPS) is 18.4. The van der Waals surface area contributed by atoms with Crippen LogP contribution in [0, 0.1) is 5.92 Å². The number of hydrogen-bond acceptors (Lipinski definition) is 4. The van der Waals surface area contributed by atoms with Gasteiger partial charge in [0.15, 0.2) is 11.5 Å². The van der Waals surface area contributed by atoms with Crippen molar-refractivity contribution in [1.29, 1.82) is 0 Å². The monoisotopic (exact) mass is 293 g/mol. The van der Waals surface area contributed by atoms with E-state index in [9.17, 15) is 0 Å². The Kier molecular flexibility index (Phi) is 7.39. The summed E-state index contributed by atoms with van der Waals surface area (Å²) in [6, 6.07) is 7.76. The van der Waals surface area contributed by atoms with Gasteiger partial charge in [0, 0.05) is 6.61 Å². The van der Waals surface area contributed by atoms with Gasteiger partial charge in [0.1, 0.15) is 6.61 Å². The van der Waals surface area contributed by atoms with Gasteiger partial charge in [-0.25, -0.2) is 0 Å². The molecule has 0 aliphatic carbocycles. The first kappa shape index (κ1) is 16.1. The van der Waals surface area contributed by atoms with Crippen molar-refractivity contribution in [2.45, 2.75) is 26.2 Å². The van der Waals surface area contributed by atoms with Gasteiger partial charge in [0.2, 0.25) is 0 Å². The summed E-state index contributed by atoms with van der Waals surface area (Å²) < 4.78 is 16.9. The fourth-order valence-corrected chi connectivity index (χ4v) is 2.58. The van der Waals surface area contributed by atoms with Gasteiger partial charge in [0.05, 0.1) is 13.2 Å². The van der Waals surface area contributed by atoms with Gasteiger partial charge in [0.25, 0.3) is 0 Å². The van der Waals surface area contributed by atoms with Crippen LogP contribution in [-0.2, 0) is 4.74 Å². The topological polar surface area (TPSA) is 39.7 Å². The molecule has 4 heteroatoms. The van der Waals surface area contributed by atoms with Gasteiger partial charge < -0.3 is 19.5 Å². The highest BCUT2D eigenvalue weighted by Gasteiger charge is 2.12. The SMILES string of the molecule is CCOc1ccccc1OCCOCCC1CCCNC1. The van der Waals surface area contributed by atoms with Crippen LogP contribution in [0.3, 0.4) is 0 Å². The van der Waals surface area contributed by atoms with Crippen LogP contribution in [0.1, 0.15) is 26.2 Å². The summed E-state index contributed by atoms with van der Waals surface area (Å²) in [5, 5.41) is 3.43. The first-order valence-corrected chi connectivity index (χ1v) is 8.03. The lowest BCUT2D eigenvalue weighted by Gasteiger charge is -2.22. The van der Waals surface area contributed by atoms with Gasteiger partial charge in [-0.1, -0.05) is 12.1 Å². The molecule has 1 aliphatic heterocycles. The van der Waals surface area contributed by atoms with E-state index < -0.39 is 0 Å². The summed E-state index contributed by atoms with van der Waals surface area (Å²) >= 11 is 0. The van der Waals surface area contributed by atoms with E-state index in [-0.39, 0.29) is 0 Å². The second-order valence-corrected chi connectivity index (χ2v) is 5.34. The Hall–Kier alpha value is -1.26. The average molecular weight is 293 g/mol. The maximum absolute atomic E-state index is 5.72. The van der Waals surface area contributed by atoms with Crippen LogP contribution in [0.25, 0.3) is 0 Å². The van der Waals surface area contributed by atoms with Gasteiger partial charge in [-0.15, -0.1) is 0 Å². The maximum Gasteiger partial charge on any atom is 0.161 e. The third kappa shape index (κ3) is 5.94. The van der Waals surface area contributed by atoms with Crippen LogP contribution in [0.4, 0.5) is 0 Å². The molecule has 21 heavy (non-hydrogen) atoms. The molecule has 2 rings (SSSR count). The minimum absolute atomic E-state index is 0.563. The second-order valence-electron chi connectivity index (χ2n) is 5.34. The average Bonchev–Trinajstić information content (AvgIpc) is 2.53. The minimum Gasteiger partial charge on any atom is -0.490 e. The highest BCUT2D eigenvalue weighted by molar-refractivity contribution is 5.39. The minimum atomic E-state index is 0.563. The lowest BCUT2D eigenvalue weighted by molar-refractivity contribution is 0.0864. The van der Waals surface area contributed by atoms with Crippen LogP contribution in [0.15, 0.2) is 24.3 Å². The zero-order valence-corrected chi connectivity index (χ0v) is 13.0. The highest BCUT2D eigenvalue weighted by atomic mass is 16.5. The Balaban J connectivity index is 1.57. The quantitative estimate of drug-likeness (QED) is 0.711. The van der Waals surface area contributed by atoms with Crippen molar-refractivity contribution >= 4 is 0 Å². The summed E-state index contributed by atoms with van der Waals surface area (Å²) in [5.41, 5.74) is 0. The molecular formula is C17H27NO3. The predicted molar refractivity (Wildman–Crippen MR) is 84.1 cm³/mol. The summed E-state index contributed by atoms with van der Waals surface area (Å²) in [4.78, 5) is 0. The lowest BCUT2D eigenvalue weighted by atomic mass is 9.97. The van der Waals surface area contributed by atoms with Gasteiger partial charge in [-0.2, -0.15) is 0 Å². The fourth-order valence-electron chi connectivity index (χ4n) is 2.58. The van der Waals surface area contributed by atoms with E-state index in [2.05, 4.69) is 5.32 Å². The summed E-state index contributed by atoms with van der Waals surface area (Å²) in [6.07, 6.45) is 3.76. The molecule has 1 unspecified atom stereocenters. The van der Waals surface area contributed by atoms with Crippen molar-refractivity contribution in [3.05, 3.63) is 24.3 Å². The number of nitrogens with one attached hydrogen (secondary N) is 1. The lowest BCUT2D eigenvalue weighted by Crippen LogP contribution is -2.30. The van der Waals surface area contributed by atoms with E-state index in [1.807, 2.05) is 31.2 Å². The van der Waals surface area contributed by atoms with Gasteiger partial charge >= 0.3 is 0 Å². The first-order valence-electron chi connectivity index (χ1n) is 8.03. The third-order valence-electron chi connectivity index (χ3n) is 3.70. The van der Waals surface area contributed by atoms with Crippen molar-refractivity contribution in [3.63, 3.8) is 0 Å². The highest BCUT2D eigenvalue weighted by Crippen LogP contribution is 2.26. The number of piperidine rings is 1. The zero-order chi connectivity index (χ0) is 14.8. The third-order valence-corrected chi connectivity index (χ3v) is 3.70. The van der Waals surface area contributed by atoms with Gasteiger partial charge in [-0.05, 0) is 57.3 Å². The molecule has 0 aromatic heterocycles. The van der Waals surface area contributed by atoms with Crippen LogP contribution < -0.4 is 14.8 Å². The summed E-state index contributed by atoms with van der Waals surface area (Å²) in [5.74, 6) is 2.37. The smallest absolute Gasteiger partial charge is 0.161 e. The molecule has 4 nitrogen and oxygen atoms in total. The van der Waals surface area contributed by atoms with Crippen molar-refractivity contribution in [2.24, 2.45) is 5.92 Å². The standard InChI is InChI=1S/C17H27NO3/c1-2-20-16-7-3-4-8-17(16)21-13-12-19-11-9-15-6-5-10-18-14-15/h3-4,7-8,15,18H,2,5-6,9-14H2,1H3. The van der Waals surface area contributed by atoms with E-state index in [0.29, 0.717) is 19.8 Å². The van der Waals surface area contributed by atoms with Crippen molar-refractivity contribution < 1.29 is 14.2 Å². The van der Waals surface area contributed by atoms with E-state index in [0.717, 1.165) is 37.0 Å². The number of para-hydroxylation sites is 2. The fraction of sp³-hybridized carbons (Fsp3) is 0.647. The van der Waals surface area contributed by atoms with Crippen molar-refractivity contribution in [2.75, 3.05) is 39.5 Å². The molecule has 0 bridgehead atoms. The molecule has 1 heterocycles. The van der Waals surface area contributed by atoms with Crippen molar-refractivity contribution in [1.82, 2.24) is 5.32 Å². The molecule has 1 fully saturated rings. The molecule has 0 radical (unpaired) electrons. The molecule has 0 amide bonds. The van der Waals surface area contributed by atoms with E-state index >= 15 is 0 Å². The van der Waals surface area contributed by atoms with Crippen LogP contribution in [0.2, 0.25) is 0 Å². The van der Waals surface area contributed by atoms with E-state index in [4.69, 9.17) is 14.2 Å². The number of ether oxygens (including phenoxy) is 3. The molecule has 0 saturated carbocycles. The van der Waals surface area contributed by atoms with Crippen LogP contribution >= 0.6 is 0 Å². The molecular weight excluding hydrogens is 266 g/mol. The van der Waals surface area contributed by atoms with Crippen LogP contribution in [-0.4, -0.2) is 39.5 Å². The first-order chi connectivity index (χ1) is 10.4. The Labute approximate surface area is 127 Å². The molecule has 1 atom stereocenters. The number of hydrogen-bond donors (Lipinski definition) is 1. The number of rotatable bonds is 9. The molecule has 1 aromatic rings. The Morgan fingerprint density at radius 1 is 1.10 bits per heavy atom. The molecule has 1 aromatic carbocycles. The largest absolute Gasteiger partial charge is 0.490 e. The van der Waals surface area contributed by atoms with E-state index in [1.165, 1.54) is 19.4 Å². The molecule has 118 valence electrons. The Bertz CT molecular complexity index is 391. The van der Waals surface area contributed by atoms with Gasteiger partial charge in [-0.3, -0.25) is 0 Å². The summed E-state index contributed by atoms with van der Waals surface area (Å²) in [6.45, 7) is 6.94. The van der Waals surface area contributed by atoms with Crippen molar-refractivity contribution in [3.8, 4) is 11.5 Å².